The molecule has 0 saturated heterocycles. The normalized spacial score (nSPS) is 10.4. The van der Waals surface area contributed by atoms with Gasteiger partial charge in [-0.3, -0.25) is 4.79 Å². The Morgan fingerprint density at radius 3 is 2.42 bits per heavy atom. The van der Waals surface area contributed by atoms with Crippen molar-refractivity contribution < 1.29 is 4.79 Å². The third-order valence-electron chi connectivity index (χ3n) is 4.03. The molecule has 0 bridgehead atoms. The molecule has 26 heavy (non-hydrogen) atoms. The molecule has 0 spiro atoms. The summed E-state index contributed by atoms with van der Waals surface area (Å²) in [5, 5.41) is 3.77. The van der Waals surface area contributed by atoms with E-state index < -0.39 is 0 Å². The second-order valence-corrected chi connectivity index (χ2v) is 6.25. The molecule has 132 valence electrons. The zero-order valence-electron chi connectivity index (χ0n) is 14.5. The van der Waals surface area contributed by atoms with E-state index in [9.17, 15) is 4.79 Å². The Morgan fingerprint density at radius 1 is 1.04 bits per heavy atom. The fourth-order valence-electron chi connectivity index (χ4n) is 2.61. The number of benzene rings is 2. The van der Waals surface area contributed by atoms with Gasteiger partial charge in [0.15, 0.2) is 0 Å². The first-order valence-electron chi connectivity index (χ1n) is 8.48. The van der Waals surface area contributed by atoms with Gasteiger partial charge in [0.05, 0.1) is 16.3 Å². The zero-order valence-corrected chi connectivity index (χ0v) is 15.3. The number of hydrogen-bond acceptors (Lipinski definition) is 3. The lowest BCUT2D eigenvalue weighted by atomic mass is 10.2. The van der Waals surface area contributed by atoms with Gasteiger partial charge in [-0.05, 0) is 36.8 Å². The highest BCUT2D eigenvalue weighted by molar-refractivity contribution is 6.33. The number of amides is 1. The molecule has 0 aliphatic rings. The highest BCUT2D eigenvalue weighted by atomic mass is 35.5. The maximum atomic E-state index is 12.7. The van der Waals surface area contributed by atoms with Crippen molar-refractivity contribution in [2.45, 2.75) is 13.5 Å². The van der Waals surface area contributed by atoms with Crippen molar-refractivity contribution in [1.82, 2.24) is 9.88 Å². The molecular formula is C21H20ClN3O. The van der Waals surface area contributed by atoms with Gasteiger partial charge in [0.2, 0.25) is 0 Å². The lowest BCUT2D eigenvalue weighted by Crippen LogP contribution is -2.30. The third-order valence-corrected chi connectivity index (χ3v) is 4.36. The predicted octanol–water partition coefficient (Wildman–Crippen LogP) is 5.14. The highest BCUT2D eigenvalue weighted by Gasteiger charge is 2.15. The minimum Gasteiger partial charge on any atom is -0.339 e. The van der Waals surface area contributed by atoms with E-state index in [1.165, 1.54) is 0 Å². The molecule has 2 aromatic carbocycles. The molecule has 0 unspecified atom stereocenters. The number of anilines is 2. The number of carbonyl (C=O) groups excluding carboxylic acids is 1. The van der Waals surface area contributed by atoms with Crippen LogP contribution in [0.3, 0.4) is 0 Å². The summed E-state index contributed by atoms with van der Waals surface area (Å²) in [6, 6.07) is 21.0. The van der Waals surface area contributed by atoms with Crippen LogP contribution >= 0.6 is 11.6 Å². The van der Waals surface area contributed by atoms with Gasteiger partial charge in [-0.2, -0.15) is 0 Å². The molecule has 0 aliphatic carbocycles. The Labute approximate surface area is 158 Å². The summed E-state index contributed by atoms with van der Waals surface area (Å²) in [6.45, 7) is 3.19. The Morgan fingerprint density at radius 2 is 1.77 bits per heavy atom. The lowest BCUT2D eigenvalue weighted by molar-refractivity contribution is 0.0752. The number of hydrogen-bond donors (Lipinski definition) is 1. The molecule has 1 heterocycles. The summed E-state index contributed by atoms with van der Waals surface area (Å²) in [5.41, 5.74) is 2.44. The van der Waals surface area contributed by atoms with Crippen LogP contribution in [0.25, 0.3) is 0 Å². The number of para-hydroxylation sites is 1. The van der Waals surface area contributed by atoms with Crippen LogP contribution in [-0.2, 0) is 6.54 Å². The van der Waals surface area contributed by atoms with Gasteiger partial charge < -0.3 is 10.2 Å². The van der Waals surface area contributed by atoms with Crippen LogP contribution in [0.15, 0.2) is 72.9 Å². The minimum absolute atomic E-state index is 0.0341. The van der Waals surface area contributed by atoms with E-state index in [-0.39, 0.29) is 5.91 Å². The minimum atomic E-state index is -0.0341. The molecule has 4 nitrogen and oxygen atoms in total. The van der Waals surface area contributed by atoms with E-state index in [1.807, 2.05) is 61.5 Å². The molecule has 0 aliphatic heterocycles. The van der Waals surface area contributed by atoms with Crippen LogP contribution < -0.4 is 5.32 Å². The van der Waals surface area contributed by atoms with Crippen molar-refractivity contribution in [3.8, 4) is 0 Å². The maximum Gasteiger partial charge on any atom is 0.255 e. The number of pyridine rings is 1. The monoisotopic (exact) mass is 365 g/mol. The molecule has 1 aromatic heterocycles. The van der Waals surface area contributed by atoms with Gasteiger partial charge in [-0.1, -0.05) is 54.1 Å². The summed E-state index contributed by atoms with van der Waals surface area (Å²) < 4.78 is 0. The maximum absolute atomic E-state index is 12.7. The Bertz CT molecular complexity index is 866. The largest absolute Gasteiger partial charge is 0.339 e. The fourth-order valence-corrected chi connectivity index (χ4v) is 2.79. The molecule has 0 saturated carbocycles. The Kier molecular flexibility index (Phi) is 5.87. The van der Waals surface area contributed by atoms with Gasteiger partial charge in [0.1, 0.15) is 5.82 Å². The first-order chi connectivity index (χ1) is 12.7. The molecule has 1 amide bonds. The van der Waals surface area contributed by atoms with Crippen molar-refractivity contribution in [3.63, 3.8) is 0 Å². The average molecular weight is 366 g/mol. The topological polar surface area (TPSA) is 45.2 Å². The van der Waals surface area contributed by atoms with Crippen LogP contribution in [0, 0.1) is 0 Å². The summed E-state index contributed by atoms with van der Waals surface area (Å²) in [6.07, 6.45) is 1.59. The van der Waals surface area contributed by atoms with Crippen molar-refractivity contribution in [2.75, 3.05) is 11.9 Å². The van der Waals surface area contributed by atoms with Gasteiger partial charge in [0, 0.05) is 19.3 Å². The standard InChI is InChI=1S/C21H20ClN3O/c1-2-25(15-16-8-4-3-5-9-16)21(26)17-12-13-20(23-14-17)24-19-11-7-6-10-18(19)22/h3-14H,2,15H2,1H3,(H,23,24). The molecule has 0 radical (unpaired) electrons. The number of halogens is 1. The van der Waals surface area contributed by atoms with E-state index in [0.29, 0.717) is 29.5 Å². The second-order valence-electron chi connectivity index (χ2n) is 5.84. The highest BCUT2D eigenvalue weighted by Crippen LogP contribution is 2.24. The second kappa shape index (κ2) is 8.50. The number of aromatic nitrogens is 1. The molecule has 3 rings (SSSR count). The molecule has 3 aromatic rings. The van der Waals surface area contributed by atoms with Crippen molar-refractivity contribution in [2.24, 2.45) is 0 Å². The smallest absolute Gasteiger partial charge is 0.255 e. The van der Waals surface area contributed by atoms with Crippen LogP contribution in [0.1, 0.15) is 22.8 Å². The number of nitrogens with zero attached hydrogens (tertiary/aromatic N) is 2. The number of rotatable bonds is 6. The number of nitrogens with one attached hydrogen (secondary N) is 1. The average Bonchev–Trinajstić information content (AvgIpc) is 2.69. The molecule has 0 fully saturated rings. The SMILES string of the molecule is CCN(Cc1ccccc1)C(=O)c1ccc(Nc2ccccc2Cl)nc1. The van der Waals surface area contributed by atoms with Crippen molar-refractivity contribution >= 4 is 29.0 Å². The van der Waals surface area contributed by atoms with E-state index in [0.717, 1.165) is 11.3 Å². The molecular weight excluding hydrogens is 346 g/mol. The predicted molar refractivity (Wildman–Crippen MR) is 106 cm³/mol. The summed E-state index contributed by atoms with van der Waals surface area (Å²) >= 11 is 6.14. The molecule has 5 heteroatoms. The lowest BCUT2D eigenvalue weighted by Gasteiger charge is -2.21. The first-order valence-corrected chi connectivity index (χ1v) is 8.86. The molecule has 0 atom stereocenters. The fraction of sp³-hybridized carbons (Fsp3) is 0.143. The summed E-state index contributed by atoms with van der Waals surface area (Å²) in [7, 11) is 0. The van der Waals surface area contributed by atoms with Gasteiger partial charge in [0.25, 0.3) is 5.91 Å². The third kappa shape index (κ3) is 4.41. The number of carbonyl (C=O) groups is 1. The van der Waals surface area contributed by atoms with Crippen LogP contribution in [0.2, 0.25) is 5.02 Å². The molecule has 1 N–H and O–H groups in total. The van der Waals surface area contributed by atoms with Gasteiger partial charge >= 0.3 is 0 Å². The zero-order chi connectivity index (χ0) is 18.4. The summed E-state index contributed by atoms with van der Waals surface area (Å²) in [5.74, 6) is 0.605. The van der Waals surface area contributed by atoms with Crippen molar-refractivity contribution in [1.29, 1.82) is 0 Å². The van der Waals surface area contributed by atoms with Crippen molar-refractivity contribution in [3.05, 3.63) is 89.1 Å². The van der Waals surface area contributed by atoms with Gasteiger partial charge in [-0.15, -0.1) is 0 Å². The Balaban J connectivity index is 1.70. The van der Waals surface area contributed by atoms with Crippen LogP contribution in [-0.4, -0.2) is 22.3 Å². The van der Waals surface area contributed by atoms with E-state index >= 15 is 0 Å². The quantitative estimate of drug-likeness (QED) is 0.657. The summed E-state index contributed by atoms with van der Waals surface area (Å²) in [4.78, 5) is 18.9. The van der Waals surface area contributed by atoms with E-state index in [2.05, 4.69) is 10.3 Å². The first kappa shape index (κ1) is 18.0. The van der Waals surface area contributed by atoms with Crippen LogP contribution in [0.5, 0.6) is 0 Å². The Hall–Kier alpha value is -2.85. The van der Waals surface area contributed by atoms with Crippen LogP contribution in [0.4, 0.5) is 11.5 Å². The van der Waals surface area contributed by atoms with E-state index in [4.69, 9.17) is 11.6 Å². The van der Waals surface area contributed by atoms with E-state index in [1.54, 1.807) is 23.2 Å². The van der Waals surface area contributed by atoms with Gasteiger partial charge in [-0.25, -0.2) is 4.98 Å².